The number of nitrogens with two attached hydrogens (primary N) is 1. The van der Waals surface area contributed by atoms with Crippen LogP contribution >= 0.6 is 0 Å². The summed E-state index contributed by atoms with van der Waals surface area (Å²) in [6.45, 7) is 1.89. The van der Waals surface area contributed by atoms with Gasteiger partial charge in [-0.05, 0) is 25.5 Å². The van der Waals surface area contributed by atoms with Gasteiger partial charge in [-0.1, -0.05) is 0 Å². The van der Waals surface area contributed by atoms with Crippen molar-refractivity contribution in [1.82, 2.24) is 10.6 Å². The number of alkyl carbamates (subject to hydrolysis) is 1. The van der Waals surface area contributed by atoms with Crippen molar-refractivity contribution in [3.63, 3.8) is 0 Å². The molecule has 170 valence electrons. The molecule has 4 N–H and O–H groups in total. The largest absolute Gasteiger partial charge is 0.488 e. The molecule has 2 atom stereocenters. The lowest BCUT2D eigenvalue weighted by atomic mass is 10.1. The molecule has 0 aromatic heterocycles. The zero-order valence-corrected chi connectivity index (χ0v) is 17.3. The highest BCUT2D eigenvalue weighted by atomic mass is 19.1. The maximum Gasteiger partial charge on any atom is 0.407 e. The molecule has 0 radical (unpaired) electrons. The molecule has 1 aliphatic heterocycles. The van der Waals surface area contributed by atoms with E-state index in [0.29, 0.717) is 12.0 Å². The van der Waals surface area contributed by atoms with Crippen molar-refractivity contribution in [2.24, 2.45) is 5.73 Å². The molecule has 2 rings (SSSR count). The van der Waals surface area contributed by atoms with Crippen LogP contribution < -0.4 is 26.0 Å². The molecule has 0 bridgehead atoms. The van der Waals surface area contributed by atoms with E-state index in [0.717, 1.165) is 0 Å². The van der Waals surface area contributed by atoms with E-state index >= 15 is 0 Å². The molecule has 11 heteroatoms. The first-order chi connectivity index (χ1) is 14.8. The summed E-state index contributed by atoms with van der Waals surface area (Å²) in [6.07, 6.45) is 0.139. The quantitative estimate of drug-likeness (QED) is 0.356. The van der Waals surface area contributed by atoms with Gasteiger partial charge in [-0.2, -0.15) is 0 Å². The lowest BCUT2D eigenvalue weighted by Gasteiger charge is -2.21. The Bertz CT molecular complexity index is 806. The molecule has 0 saturated heterocycles. The molecule has 1 aliphatic rings. The van der Waals surface area contributed by atoms with Gasteiger partial charge in [-0.3, -0.25) is 9.59 Å². The van der Waals surface area contributed by atoms with Crippen molar-refractivity contribution in [2.45, 2.75) is 38.3 Å². The van der Waals surface area contributed by atoms with Gasteiger partial charge in [-0.15, -0.1) is 0 Å². The fraction of sp³-hybridized carbons (Fsp3) is 0.500. The Labute approximate surface area is 179 Å². The van der Waals surface area contributed by atoms with E-state index in [1.807, 2.05) is 0 Å². The molecular weight excluding hydrogens is 411 g/mol. The molecular formula is C20H27FN4O6. The van der Waals surface area contributed by atoms with Crippen LogP contribution in [0.15, 0.2) is 18.2 Å². The zero-order valence-electron chi connectivity index (χ0n) is 17.3. The van der Waals surface area contributed by atoms with Crippen LogP contribution in [0.2, 0.25) is 0 Å². The van der Waals surface area contributed by atoms with Gasteiger partial charge in [0, 0.05) is 25.6 Å². The predicted molar refractivity (Wildman–Crippen MR) is 109 cm³/mol. The average Bonchev–Trinajstić information content (AvgIpc) is 2.84. The smallest absolute Gasteiger partial charge is 0.407 e. The van der Waals surface area contributed by atoms with Crippen molar-refractivity contribution in [3.8, 4) is 5.75 Å². The Kier molecular flexibility index (Phi) is 9.19. The summed E-state index contributed by atoms with van der Waals surface area (Å²) in [7, 11) is 0. The summed E-state index contributed by atoms with van der Waals surface area (Å²) in [5.41, 5.74) is 5.89. The molecule has 3 amide bonds. The van der Waals surface area contributed by atoms with Gasteiger partial charge in [0.25, 0.3) is 0 Å². The number of nitrogens with one attached hydrogen (secondary N) is 2. The van der Waals surface area contributed by atoms with E-state index < -0.39 is 23.9 Å². The van der Waals surface area contributed by atoms with E-state index in [1.165, 1.54) is 23.1 Å². The maximum absolute atomic E-state index is 13.7. The minimum absolute atomic E-state index is 0.0289. The third-order valence-corrected chi connectivity index (χ3v) is 4.48. The highest BCUT2D eigenvalue weighted by Gasteiger charge is 2.27. The van der Waals surface area contributed by atoms with Crippen LogP contribution in [0.1, 0.15) is 26.2 Å². The first-order valence-electron chi connectivity index (χ1n) is 9.96. The van der Waals surface area contributed by atoms with E-state index in [2.05, 4.69) is 10.6 Å². The lowest BCUT2D eigenvalue weighted by Crippen LogP contribution is -2.43. The molecule has 0 aliphatic carbocycles. The molecule has 1 aromatic rings. The average molecular weight is 438 g/mol. The highest BCUT2D eigenvalue weighted by Crippen LogP contribution is 2.33. The van der Waals surface area contributed by atoms with Crippen LogP contribution in [-0.2, 0) is 19.1 Å². The summed E-state index contributed by atoms with van der Waals surface area (Å²) < 4.78 is 24.4. The summed E-state index contributed by atoms with van der Waals surface area (Å²) in [5.74, 6) is -0.818. The fourth-order valence-electron chi connectivity index (χ4n) is 2.94. The van der Waals surface area contributed by atoms with Gasteiger partial charge in [-0.25, -0.2) is 9.18 Å². The maximum atomic E-state index is 13.7. The van der Waals surface area contributed by atoms with E-state index in [1.54, 1.807) is 6.92 Å². The number of rotatable bonds is 10. The number of amides is 3. The Morgan fingerprint density at radius 1 is 1.39 bits per heavy atom. The van der Waals surface area contributed by atoms with E-state index in [4.69, 9.17) is 15.2 Å². The molecule has 10 nitrogen and oxygen atoms in total. The van der Waals surface area contributed by atoms with Crippen LogP contribution in [0.4, 0.5) is 14.9 Å². The topological polar surface area (TPSA) is 140 Å². The van der Waals surface area contributed by atoms with Crippen LogP contribution in [-0.4, -0.2) is 62.6 Å². The number of nitrogens with zero attached hydrogens (tertiary/aromatic N) is 1. The third-order valence-electron chi connectivity index (χ3n) is 4.48. The third kappa shape index (κ3) is 7.52. The van der Waals surface area contributed by atoms with E-state index in [9.17, 15) is 23.6 Å². The molecule has 1 unspecified atom stereocenters. The Morgan fingerprint density at radius 2 is 2.13 bits per heavy atom. The van der Waals surface area contributed by atoms with Crippen LogP contribution in [0, 0.1) is 5.82 Å². The second-order valence-electron chi connectivity index (χ2n) is 6.99. The Hall–Kier alpha value is -3.21. The molecule has 0 saturated carbocycles. The van der Waals surface area contributed by atoms with Crippen molar-refractivity contribution < 1.29 is 33.0 Å². The van der Waals surface area contributed by atoms with Crippen molar-refractivity contribution in [2.75, 3.05) is 31.1 Å². The minimum Gasteiger partial charge on any atom is -0.488 e. The number of carbonyl (C=O) groups excluding carboxylic acids is 4. The number of halogens is 1. The van der Waals surface area contributed by atoms with Gasteiger partial charge < -0.3 is 35.5 Å². The molecule has 0 fully saturated rings. The SMILES string of the molecule is C[C@@H]1CC(=O)N(CCOC(=O)NCCNC(=O)C(N)CCC=O)c2cc(F)ccc2O1. The first kappa shape index (κ1) is 24.1. The number of carbonyl (C=O) groups is 4. The monoisotopic (exact) mass is 438 g/mol. The standard InChI is InChI=1S/C20H27FN4O6/c1-13-11-18(27)25(16-12-14(21)4-5-17(16)31-13)8-10-30-20(29)24-7-6-23-19(28)15(22)3-2-9-26/h4-5,9,12-13,15H,2-3,6-8,10-11,22H2,1H3,(H,23,28)(H,24,29)/t13-,15?/m1/s1. The second kappa shape index (κ2) is 11.8. The first-order valence-corrected chi connectivity index (χ1v) is 9.96. The molecule has 1 heterocycles. The number of ether oxygens (including phenoxy) is 2. The van der Waals surface area contributed by atoms with Gasteiger partial charge >= 0.3 is 6.09 Å². The zero-order chi connectivity index (χ0) is 22.8. The summed E-state index contributed by atoms with van der Waals surface area (Å²) in [6, 6.07) is 3.12. The number of benzene rings is 1. The fourth-order valence-corrected chi connectivity index (χ4v) is 2.94. The second-order valence-corrected chi connectivity index (χ2v) is 6.99. The van der Waals surface area contributed by atoms with Gasteiger partial charge in [0.1, 0.15) is 30.6 Å². The number of anilines is 1. The van der Waals surface area contributed by atoms with Crippen LogP contribution in [0.5, 0.6) is 5.75 Å². The predicted octanol–water partition coefficient (Wildman–Crippen LogP) is 0.479. The molecule has 1 aromatic carbocycles. The van der Waals surface area contributed by atoms with Crippen LogP contribution in [0.25, 0.3) is 0 Å². The number of hydrogen-bond donors (Lipinski definition) is 3. The van der Waals surface area contributed by atoms with E-state index in [-0.39, 0.29) is 63.2 Å². The summed E-state index contributed by atoms with van der Waals surface area (Å²) in [5, 5.41) is 4.99. The van der Waals surface area contributed by atoms with Crippen molar-refractivity contribution in [3.05, 3.63) is 24.0 Å². The van der Waals surface area contributed by atoms with Gasteiger partial charge in [0.15, 0.2) is 0 Å². The van der Waals surface area contributed by atoms with Crippen molar-refractivity contribution >= 4 is 29.9 Å². The Morgan fingerprint density at radius 3 is 2.87 bits per heavy atom. The minimum atomic E-state index is -0.789. The van der Waals surface area contributed by atoms with Gasteiger partial charge in [0.05, 0.1) is 24.7 Å². The number of aldehydes is 1. The lowest BCUT2D eigenvalue weighted by molar-refractivity contribution is -0.122. The highest BCUT2D eigenvalue weighted by molar-refractivity contribution is 5.96. The molecule has 31 heavy (non-hydrogen) atoms. The van der Waals surface area contributed by atoms with Crippen molar-refractivity contribution in [1.29, 1.82) is 0 Å². The van der Waals surface area contributed by atoms with Crippen LogP contribution in [0.3, 0.4) is 0 Å². The molecule has 0 spiro atoms. The Balaban J connectivity index is 1.75. The summed E-state index contributed by atoms with van der Waals surface area (Å²) in [4.78, 5) is 47.6. The normalized spacial score (nSPS) is 16.4. The summed E-state index contributed by atoms with van der Waals surface area (Å²) >= 11 is 0. The number of fused-ring (bicyclic) bond motifs is 1. The number of hydrogen-bond acceptors (Lipinski definition) is 7. The van der Waals surface area contributed by atoms with Gasteiger partial charge in [0.2, 0.25) is 11.8 Å².